The van der Waals surface area contributed by atoms with Crippen LogP contribution in [0.1, 0.15) is 40.5 Å². The van der Waals surface area contributed by atoms with E-state index in [-0.39, 0.29) is 28.9 Å². The summed E-state index contributed by atoms with van der Waals surface area (Å²) >= 11 is 0. The number of nitrogens with zero attached hydrogens (tertiary/aromatic N) is 4. The van der Waals surface area contributed by atoms with E-state index in [9.17, 15) is 5.11 Å². The highest BCUT2D eigenvalue weighted by atomic mass is 16.5. The predicted molar refractivity (Wildman–Crippen MR) is 111 cm³/mol. The average Bonchev–Trinajstić information content (AvgIpc) is 3.14. The van der Waals surface area contributed by atoms with Crippen LogP contribution < -0.4 is 10.1 Å². The highest BCUT2D eigenvalue weighted by Crippen LogP contribution is 2.32. The summed E-state index contributed by atoms with van der Waals surface area (Å²) in [7, 11) is 0. The van der Waals surface area contributed by atoms with E-state index in [1.807, 2.05) is 41.2 Å². The van der Waals surface area contributed by atoms with Crippen LogP contribution in [-0.2, 0) is 0 Å². The molecule has 152 valence electrons. The third kappa shape index (κ3) is 4.40. The van der Waals surface area contributed by atoms with Crippen LogP contribution in [0.4, 0.5) is 0 Å². The van der Waals surface area contributed by atoms with Crippen molar-refractivity contribution in [1.82, 2.24) is 25.1 Å². The van der Waals surface area contributed by atoms with Crippen molar-refractivity contribution in [2.45, 2.75) is 57.7 Å². The van der Waals surface area contributed by atoms with Gasteiger partial charge in [-0.2, -0.15) is 0 Å². The van der Waals surface area contributed by atoms with E-state index in [2.05, 4.69) is 48.2 Å². The molecule has 0 saturated carbocycles. The van der Waals surface area contributed by atoms with E-state index in [4.69, 9.17) is 4.74 Å². The van der Waals surface area contributed by atoms with Crippen molar-refractivity contribution in [3.8, 4) is 28.7 Å². The van der Waals surface area contributed by atoms with Crippen molar-refractivity contribution in [2.75, 3.05) is 0 Å². The molecule has 2 N–H and O–H groups in total. The minimum Gasteiger partial charge on any atom is -0.507 e. The van der Waals surface area contributed by atoms with Gasteiger partial charge in [-0.1, -0.05) is 5.10 Å². The molecule has 1 saturated heterocycles. The van der Waals surface area contributed by atoms with E-state index in [1.54, 1.807) is 12.3 Å². The molecule has 29 heavy (non-hydrogen) atoms. The predicted octanol–water partition coefficient (Wildman–Crippen LogP) is 3.72. The molecule has 0 spiro atoms. The first-order valence-corrected chi connectivity index (χ1v) is 9.83. The number of nitrogens with one attached hydrogen (secondary N) is 1. The maximum Gasteiger partial charge on any atom is 0.335 e. The molecule has 7 nitrogen and oxygen atoms in total. The number of piperidine rings is 1. The first-order valence-electron chi connectivity index (χ1n) is 9.83. The summed E-state index contributed by atoms with van der Waals surface area (Å²) in [4.78, 5) is 4.33. The molecule has 1 aliphatic heterocycles. The Morgan fingerprint density at radius 2 is 1.76 bits per heavy atom. The molecular formula is C22H27N5O2. The molecule has 0 bridgehead atoms. The lowest BCUT2D eigenvalue weighted by molar-refractivity contribution is 0.0491. The molecule has 0 amide bonds. The van der Waals surface area contributed by atoms with Gasteiger partial charge in [0.2, 0.25) is 0 Å². The van der Waals surface area contributed by atoms with Gasteiger partial charge < -0.3 is 19.7 Å². The Morgan fingerprint density at radius 3 is 2.34 bits per heavy atom. The van der Waals surface area contributed by atoms with Crippen molar-refractivity contribution >= 4 is 0 Å². The van der Waals surface area contributed by atoms with Crippen molar-refractivity contribution in [3.05, 3.63) is 48.9 Å². The van der Waals surface area contributed by atoms with Gasteiger partial charge in [-0.15, -0.1) is 5.10 Å². The van der Waals surface area contributed by atoms with Crippen LogP contribution in [0.2, 0.25) is 0 Å². The van der Waals surface area contributed by atoms with E-state index in [0.29, 0.717) is 11.3 Å². The fraction of sp³-hybridized carbons (Fsp3) is 0.409. The summed E-state index contributed by atoms with van der Waals surface area (Å²) in [5.41, 5.74) is 1.91. The minimum atomic E-state index is -0.0208. The smallest absolute Gasteiger partial charge is 0.335 e. The van der Waals surface area contributed by atoms with Crippen LogP contribution in [0, 0.1) is 0 Å². The van der Waals surface area contributed by atoms with Crippen LogP contribution in [0.3, 0.4) is 0 Å². The van der Waals surface area contributed by atoms with Crippen molar-refractivity contribution in [2.24, 2.45) is 0 Å². The lowest BCUT2D eigenvalue weighted by Gasteiger charge is -2.45. The lowest BCUT2D eigenvalue weighted by Crippen LogP contribution is -2.60. The fourth-order valence-corrected chi connectivity index (χ4v) is 4.31. The van der Waals surface area contributed by atoms with E-state index < -0.39 is 0 Å². The number of hydrogen-bond donors (Lipinski definition) is 2. The number of phenols is 1. The molecular weight excluding hydrogens is 366 g/mol. The Morgan fingerprint density at radius 1 is 1.07 bits per heavy atom. The maximum absolute atomic E-state index is 10.4. The zero-order valence-corrected chi connectivity index (χ0v) is 17.3. The third-order valence-electron chi connectivity index (χ3n) is 5.13. The molecule has 4 rings (SSSR count). The quantitative estimate of drug-likeness (QED) is 0.703. The summed E-state index contributed by atoms with van der Waals surface area (Å²) in [5.74, 6) is 0.128. The normalized spacial score (nSPS) is 18.5. The monoisotopic (exact) mass is 393 g/mol. The van der Waals surface area contributed by atoms with E-state index in [1.165, 1.54) is 0 Å². The topological polar surface area (TPSA) is 85.1 Å². The number of hydrogen-bond acceptors (Lipinski definition) is 6. The largest absolute Gasteiger partial charge is 0.507 e. The van der Waals surface area contributed by atoms with Gasteiger partial charge in [0.1, 0.15) is 17.5 Å². The molecule has 1 aliphatic rings. The molecule has 1 aromatic carbocycles. The van der Waals surface area contributed by atoms with Crippen LogP contribution >= 0.6 is 0 Å². The fourth-order valence-electron chi connectivity index (χ4n) is 4.31. The second kappa shape index (κ2) is 7.15. The Hall–Kier alpha value is -2.93. The van der Waals surface area contributed by atoms with Gasteiger partial charge in [-0.05, 0) is 52.0 Å². The summed E-state index contributed by atoms with van der Waals surface area (Å²) in [6.45, 7) is 8.69. The Balaban J connectivity index is 1.50. The number of benzene rings is 1. The zero-order valence-electron chi connectivity index (χ0n) is 17.3. The van der Waals surface area contributed by atoms with Gasteiger partial charge >= 0.3 is 6.01 Å². The lowest BCUT2D eigenvalue weighted by atomic mass is 9.81. The van der Waals surface area contributed by atoms with Gasteiger partial charge in [0.15, 0.2) is 0 Å². The first kappa shape index (κ1) is 19.4. The SMILES string of the molecule is CC1(C)CC(Oc2ncc(-c3ccc(-n4cccc4)cc3O)nn2)CC(C)(C)N1. The summed E-state index contributed by atoms with van der Waals surface area (Å²) in [6.07, 6.45) is 7.18. The average molecular weight is 393 g/mol. The first-order chi connectivity index (χ1) is 13.7. The number of rotatable bonds is 4. The van der Waals surface area contributed by atoms with Gasteiger partial charge in [0.25, 0.3) is 0 Å². The molecule has 0 radical (unpaired) electrons. The number of aromatic hydroxyl groups is 1. The van der Waals surface area contributed by atoms with Crippen LogP contribution in [0.25, 0.3) is 16.9 Å². The number of phenolic OH excluding ortho intramolecular Hbond substituents is 1. The summed E-state index contributed by atoms with van der Waals surface area (Å²) in [5, 5.41) is 22.4. The second-order valence-corrected chi connectivity index (χ2v) is 8.96. The molecule has 3 heterocycles. The third-order valence-corrected chi connectivity index (χ3v) is 5.13. The van der Waals surface area contributed by atoms with Crippen LogP contribution in [0.5, 0.6) is 11.8 Å². The van der Waals surface area contributed by atoms with Gasteiger partial charge in [-0.25, -0.2) is 4.98 Å². The minimum absolute atomic E-state index is 0.0168. The van der Waals surface area contributed by atoms with Crippen molar-refractivity contribution in [1.29, 1.82) is 0 Å². The summed E-state index contributed by atoms with van der Waals surface area (Å²) in [6, 6.07) is 9.55. The molecule has 1 fully saturated rings. The molecule has 0 aliphatic carbocycles. The highest BCUT2D eigenvalue weighted by Gasteiger charge is 2.39. The van der Waals surface area contributed by atoms with Crippen LogP contribution in [0.15, 0.2) is 48.9 Å². The molecule has 3 aromatic rings. The number of aromatic nitrogens is 4. The van der Waals surface area contributed by atoms with Gasteiger partial charge in [0, 0.05) is 53.6 Å². The molecule has 0 atom stereocenters. The second-order valence-electron chi connectivity index (χ2n) is 8.96. The van der Waals surface area contributed by atoms with Gasteiger partial charge in [-0.3, -0.25) is 0 Å². The standard InChI is InChI=1S/C22H27N5O2/c1-21(2)12-16(13-22(3,4)26-21)29-20-23-14-18(24-25-20)17-8-7-15(11-19(17)28)27-9-5-6-10-27/h5-11,14,16,26,28H,12-13H2,1-4H3. The highest BCUT2D eigenvalue weighted by molar-refractivity contribution is 5.67. The zero-order chi connectivity index (χ0) is 20.6. The molecule has 7 heteroatoms. The van der Waals surface area contributed by atoms with E-state index >= 15 is 0 Å². The Labute approximate surface area is 170 Å². The maximum atomic E-state index is 10.4. The summed E-state index contributed by atoms with van der Waals surface area (Å²) < 4.78 is 7.95. The molecule has 0 unspecified atom stereocenters. The molecule has 2 aromatic heterocycles. The van der Waals surface area contributed by atoms with Crippen LogP contribution in [-0.4, -0.2) is 42.0 Å². The Kier molecular flexibility index (Phi) is 4.78. The van der Waals surface area contributed by atoms with Crippen molar-refractivity contribution < 1.29 is 9.84 Å². The number of ether oxygens (including phenoxy) is 1. The van der Waals surface area contributed by atoms with E-state index in [0.717, 1.165) is 18.5 Å². The Bertz CT molecular complexity index is 965. The van der Waals surface area contributed by atoms with Crippen molar-refractivity contribution in [3.63, 3.8) is 0 Å². The van der Waals surface area contributed by atoms with Gasteiger partial charge in [0.05, 0.1) is 6.20 Å².